The van der Waals surface area contributed by atoms with Crippen LogP contribution in [0.15, 0.2) is 255 Å². The number of ether oxygens (including phenoxy) is 2. The van der Waals surface area contributed by atoms with Gasteiger partial charge in [-0.1, -0.05) is 281 Å². The Kier molecular flexibility index (Phi) is 37.8. The molecule has 0 heterocycles. The van der Waals surface area contributed by atoms with E-state index in [-0.39, 0.29) is 11.4 Å². The number of phenols is 5. The number of carbonyl (C=O) groups is 1. The van der Waals surface area contributed by atoms with Gasteiger partial charge in [-0.3, -0.25) is 4.79 Å². The van der Waals surface area contributed by atoms with Crippen molar-refractivity contribution >= 4 is 27.5 Å². The minimum Gasteiger partial charge on any atom is -0.508 e. The van der Waals surface area contributed by atoms with Gasteiger partial charge in [0.25, 0.3) is 0 Å². The van der Waals surface area contributed by atoms with Gasteiger partial charge in [-0.2, -0.15) is 0 Å². The van der Waals surface area contributed by atoms with Crippen LogP contribution in [0.5, 0.6) is 40.2 Å². The Morgan fingerprint density at radius 3 is 0.974 bits per heavy atom. The van der Waals surface area contributed by atoms with Crippen molar-refractivity contribution in [2.75, 3.05) is 0 Å². The highest BCUT2D eigenvalue weighted by Gasteiger charge is 2.55. The molecule has 608 valence electrons. The third kappa shape index (κ3) is 28.3. The lowest BCUT2D eigenvalue weighted by Gasteiger charge is -2.55. The Morgan fingerprint density at radius 1 is 0.316 bits per heavy atom. The van der Waals surface area contributed by atoms with Crippen LogP contribution in [-0.4, -0.2) is 31.5 Å². The summed E-state index contributed by atoms with van der Waals surface area (Å²) in [7, 11) is 0. The number of fused-ring (bicyclic) bond motifs is 2. The van der Waals surface area contributed by atoms with Crippen LogP contribution in [0.25, 0.3) is 21.5 Å². The second-order valence-corrected chi connectivity index (χ2v) is 32.7. The van der Waals surface area contributed by atoms with E-state index < -0.39 is 0 Å². The van der Waals surface area contributed by atoms with Gasteiger partial charge >= 0.3 is 5.97 Å². The molecule has 11 aromatic carbocycles. The zero-order valence-electron chi connectivity index (χ0n) is 71.7. The molecule has 0 aromatic heterocycles. The Bertz CT molecular complexity index is 4270. The van der Waals surface area contributed by atoms with E-state index in [0.717, 1.165) is 93.5 Å². The molecule has 4 saturated carbocycles. The van der Waals surface area contributed by atoms with E-state index in [2.05, 4.69) is 232 Å². The van der Waals surface area contributed by atoms with E-state index >= 15 is 0 Å². The zero-order chi connectivity index (χ0) is 82.7. The van der Waals surface area contributed by atoms with Crippen molar-refractivity contribution in [2.45, 2.75) is 255 Å². The highest BCUT2D eigenvalue weighted by Crippen LogP contribution is 2.60. The number of hydrogen-bond donors (Lipinski definition) is 5. The van der Waals surface area contributed by atoms with Gasteiger partial charge in [0.15, 0.2) is 0 Å². The van der Waals surface area contributed by atoms with Gasteiger partial charge in [0.1, 0.15) is 46.9 Å². The number of phenolic OH excluding ortho intramolecular Hbond substituents is 5. The average molecular weight is 1540 g/mol. The number of aromatic hydroxyl groups is 5. The summed E-state index contributed by atoms with van der Waals surface area (Å²) in [4.78, 5) is 12.9. The summed E-state index contributed by atoms with van der Waals surface area (Å²) >= 11 is 0. The van der Waals surface area contributed by atoms with Crippen molar-refractivity contribution < 1.29 is 39.8 Å². The van der Waals surface area contributed by atoms with Crippen molar-refractivity contribution in [3.63, 3.8) is 0 Å². The fourth-order valence-electron chi connectivity index (χ4n) is 15.5. The average Bonchev–Trinajstić information content (AvgIpc) is 0.740. The number of esters is 1. The van der Waals surface area contributed by atoms with Crippen LogP contribution in [0, 0.1) is 23.2 Å². The maximum atomic E-state index is 12.9. The fourth-order valence-corrected chi connectivity index (χ4v) is 15.5. The van der Waals surface area contributed by atoms with Gasteiger partial charge in [0, 0.05) is 0 Å². The summed E-state index contributed by atoms with van der Waals surface area (Å²) in [5, 5.41) is 50.5. The Morgan fingerprint density at radius 2 is 0.614 bits per heavy atom. The minimum atomic E-state index is -0.163. The first-order valence-corrected chi connectivity index (χ1v) is 42.8. The van der Waals surface area contributed by atoms with Gasteiger partial charge in [-0.15, -0.1) is 0 Å². The Labute approximate surface area is 686 Å². The number of rotatable bonds is 21. The maximum Gasteiger partial charge on any atom is 0.317 e. The molecule has 5 N–H and O–H groups in total. The molecule has 4 aliphatic rings. The first-order chi connectivity index (χ1) is 54.9. The quantitative estimate of drug-likeness (QED) is 0.0354. The lowest BCUT2D eigenvalue weighted by molar-refractivity contribution is -0.161. The van der Waals surface area contributed by atoms with Crippen LogP contribution in [-0.2, 0) is 11.4 Å². The number of hydrogen-bond acceptors (Lipinski definition) is 8. The Balaban J connectivity index is 0.000000185. The molecule has 4 aliphatic carbocycles. The van der Waals surface area contributed by atoms with Crippen LogP contribution in [0.3, 0.4) is 0 Å². The smallest absolute Gasteiger partial charge is 0.317 e. The van der Waals surface area contributed by atoms with Crippen LogP contribution < -0.4 is 9.47 Å². The van der Waals surface area contributed by atoms with Crippen LogP contribution in [0.4, 0.5) is 0 Å². The van der Waals surface area contributed by atoms with Crippen molar-refractivity contribution in [1.29, 1.82) is 0 Å². The van der Waals surface area contributed by atoms with E-state index in [4.69, 9.17) is 35.0 Å². The van der Waals surface area contributed by atoms with Crippen molar-refractivity contribution in [1.82, 2.24) is 0 Å². The molecule has 0 saturated heterocycles. The molecule has 8 atom stereocenters. The van der Waals surface area contributed by atoms with Crippen LogP contribution in [0.1, 0.15) is 298 Å². The predicted octanol–water partition coefficient (Wildman–Crippen LogP) is 30.1. The van der Waals surface area contributed by atoms with Gasteiger partial charge in [0.2, 0.25) is 0 Å². The summed E-state index contributed by atoms with van der Waals surface area (Å²) in [6.07, 6.45) is 16.5. The third-order valence-corrected chi connectivity index (χ3v) is 24.4. The monoisotopic (exact) mass is 1540 g/mol. The van der Waals surface area contributed by atoms with Crippen molar-refractivity contribution in [2.24, 2.45) is 23.2 Å². The first kappa shape index (κ1) is 91.4. The van der Waals surface area contributed by atoms with Gasteiger partial charge in [-0.05, 0) is 312 Å². The molecule has 4 fully saturated rings. The summed E-state index contributed by atoms with van der Waals surface area (Å²) in [5.41, 5.74) is 11.6. The van der Waals surface area contributed by atoms with Crippen molar-refractivity contribution in [3.05, 3.63) is 305 Å². The third-order valence-electron chi connectivity index (χ3n) is 24.4. The van der Waals surface area contributed by atoms with E-state index in [9.17, 15) is 4.79 Å². The SMILES string of the molecule is CCC(C)c1ccc(O)cc1.CCC(C)c1ccc(O)cc1.CCC(C)c1ccc(O)cc1.CCC(C)c1ccc(O)cc1.CCC(C)c1ccc(OC(=O)C23CC4CC(CC(C4)C2)C3)cc1.CCC(C)c1ccc(OCc2cccc3ccccc23)cc1.CCC(C)c1cccc(O)c1.CCC(C)c1cccc2ccccc12. The molecule has 0 radical (unpaired) electrons. The second-order valence-electron chi connectivity index (χ2n) is 32.7. The summed E-state index contributed by atoms with van der Waals surface area (Å²) in [5.74, 6) is 10.5. The standard InChI is InChI=1S/C21H28O2.C21H22O.C14H16.5C10H14O/c1-3-14(2)18-4-6-19(7-5-18)23-20(22)21-11-15-8-16(12-21)10-17(9-15)13-21;1-3-16(2)17-11-13-20(14-12-17)22-15-19-9-6-8-18-7-4-5-10-21(18)19;1-3-11(2)13-10-6-8-12-7-4-5-9-14(12)13;4*1-3-8(2)9-4-6-10(11)7-5-9;1-3-8(2)9-5-4-6-10(11)7-9/h4-7,14-17H,3,8-13H2,1-2H3;4-14,16H,3,15H2,1-2H3;4-11H,3H2,1-2H3;5*4-8,11H,3H2,1-2H3. The fraction of sp³-hybridized carbons (Fsp3) is 0.406. The number of benzene rings is 11. The predicted molar refractivity (Wildman–Crippen MR) is 482 cm³/mol. The van der Waals surface area contributed by atoms with E-state index in [1.165, 1.54) is 97.3 Å². The molecule has 0 spiro atoms. The summed E-state index contributed by atoms with van der Waals surface area (Å²) < 4.78 is 11.8. The number of carbonyl (C=O) groups excluding carboxylic acids is 1. The van der Waals surface area contributed by atoms with Crippen molar-refractivity contribution in [3.8, 4) is 40.2 Å². The molecule has 8 nitrogen and oxygen atoms in total. The van der Waals surface area contributed by atoms with E-state index in [0.29, 0.717) is 82.7 Å². The largest absolute Gasteiger partial charge is 0.508 e. The lowest BCUT2D eigenvalue weighted by atomic mass is 9.49. The van der Waals surface area contributed by atoms with Crippen LogP contribution in [0.2, 0.25) is 0 Å². The molecule has 0 aliphatic heterocycles. The Hall–Kier alpha value is -9.79. The highest BCUT2D eigenvalue weighted by atomic mass is 16.5. The molecule has 0 amide bonds. The second kappa shape index (κ2) is 47.2. The molecular formula is C106H136O8. The van der Waals surface area contributed by atoms with E-state index in [1.807, 2.05) is 78.9 Å². The molecule has 8 heteroatoms. The molecule has 15 rings (SSSR count). The highest BCUT2D eigenvalue weighted by molar-refractivity contribution is 5.87. The molecule has 114 heavy (non-hydrogen) atoms. The molecular weight excluding hydrogens is 1400 g/mol. The van der Waals surface area contributed by atoms with Crippen LogP contribution >= 0.6 is 0 Å². The topological polar surface area (TPSA) is 137 Å². The van der Waals surface area contributed by atoms with Gasteiger partial charge in [-0.25, -0.2) is 0 Å². The molecule has 4 bridgehead atoms. The normalized spacial score (nSPS) is 17.5. The molecule has 8 unspecified atom stereocenters. The minimum absolute atomic E-state index is 0.0490. The van der Waals surface area contributed by atoms with E-state index in [1.54, 1.807) is 54.6 Å². The van der Waals surface area contributed by atoms with Gasteiger partial charge in [0.05, 0.1) is 5.41 Å². The molecule has 11 aromatic rings. The lowest BCUT2D eigenvalue weighted by Crippen LogP contribution is -2.51. The summed E-state index contributed by atoms with van der Waals surface area (Å²) in [6, 6.07) is 83.8. The first-order valence-electron chi connectivity index (χ1n) is 42.8. The van der Waals surface area contributed by atoms with Gasteiger partial charge < -0.3 is 35.0 Å². The zero-order valence-corrected chi connectivity index (χ0v) is 71.7. The summed E-state index contributed by atoms with van der Waals surface area (Å²) in [6.45, 7) is 35.8. The maximum absolute atomic E-state index is 12.9.